The zero-order valence-electron chi connectivity index (χ0n) is 13.2. The fourth-order valence-corrected chi connectivity index (χ4v) is 2.38. The van der Waals surface area contributed by atoms with Gasteiger partial charge in [0.15, 0.2) is 0 Å². The third kappa shape index (κ3) is 3.33. The summed E-state index contributed by atoms with van der Waals surface area (Å²) in [6.07, 6.45) is 5.00. The van der Waals surface area contributed by atoms with E-state index in [0.29, 0.717) is 6.54 Å². The highest BCUT2D eigenvalue weighted by Crippen LogP contribution is 2.18. The molecule has 0 saturated heterocycles. The van der Waals surface area contributed by atoms with E-state index in [-0.39, 0.29) is 5.57 Å². The van der Waals surface area contributed by atoms with Gasteiger partial charge < -0.3 is 10.3 Å². The Morgan fingerprint density at radius 3 is 2.88 bits per heavy atom. The summed E-state index contributed by atoms with van der Waals surface area (Å²) in [5.74, 6) is -0.392. The summed E-state index contributed by atoms with van der Waals surface area (Å²) in [5, 5.41) is 12.9. The molecule has 0 atom stereocenters. The summed E-state index contributed by atoms with van der Waals surface area (Å²) in [6.45, 7) is 2.39. The van der Waals surface area contributed by atoms with Crippen LogP contribution in [0.4, 0.5) is 0 Å². The van der Waals surface area contributed by atoms with Gasteiger partial charge in [0, 0.05) is 29.9 Å². The molecule has 0 aliphatic carbocycles. The maximum atomic E-state index is 12.2. The van der Waals surface area contributed by atoms with Crippen molar-refractivity contribution in [1.82, 2.24) is 15.3 Å². The minimum absolute atomic E-state index is 0.0619. The zero-order valence-corrected chi connectivity index (χ0v) is 13.2. The monoisotopic (exact) mass is 316 g/mol. The smallest absolute Gasteiger partial charge is 0.262 e. The molecule has 0 fully saturated rings. The predicted octanol–water partition coefficient (Wildman–Crippen LogP) is 3.09. The van der Waals surface area contributed by atoms with Gasteiger partial charge in [0.1, 0.15) is 17.3 Å². The highest BCUT2D eigenvalue weighted by atomic mass is 16.1. The lowest BCUT2D eigenvalue weighted by Crippen LogP contribution is -2.23. The lowest BCUT2D eigenvalue weighted by atomic mass is 10.1. The van der Waals surface area contributed by atoms with Crippen molar-refractivity contribution in [1.29, 1.82) is 5.26 Å². The van der Waals surface area contributed by atoms with Gasteiger partial charge in [-0.25, -0.2) is 4.98 Å². The first kappa shape index (κ1) is 15.5. The Kier molecular flexibility index (Phi) is 4.39. The third-order valence-corrected chi connectivity index (χ3v) is 3.72. The molecular formula is C19H16N4O. The molecule has 0 radical (unpaired) electrons. The lowest BCUT2D eigenvalue weighted by Gasteiger charge is -2.05. The van der Waals surface area contributed by atoms with E-state index in [1.54, 1.807) is 18.5 Å². The molecule has 0 spiro atoms. The van der Waals surface area contributed by atoms with Gasteiger partial charge >= 0.3 is 0 Å². The molecule has 3 aromatic rings. The van der Waals surface area contributed by atoms with Gasteiger partial charge in [-0.05, 0) is 30.7 Å². The number of aromatic nitrogens is 2. The molecule has 118 valence electrons. The van der Waals surface area contributed by atoms with Crippen molar-refractivity contribution < 1.29 is 4.79 Å². The zero-order chi connectivity index (χ0) is 16.9. The van der Waals surface area contributed by atoms with Crippen LogP contribution in [0.15, 0.2) is 54.4 Å². The second-order valence-electron chi connectivity index (χ2n) is 5.48. The van der Waals surface area contributed by atoms with Gasteiger partial charge in [-0.15, -0.1) is 0 Å². The number of aromatic amines is 1. The average molecular weight is 316 g/mol. The van der Waals surface area contributed by atoms with Crippen LogP contribution in [-0.2, 0) is 11.3 Å². The maximum Gasteiger partial charge on any atom is 0.262 e. The van der Waals surface area contributed by atoms with E-state index < -0.39 is 5.91 Å². The molecular weight excluding hydrogens is 300 g/mol. The van der Waals surface area contributed by atoms with Crippen molar-refractivity contribution in [2.45, 2.75) is 13.5 Å². The fraction of sp³-hybridized carbons (Fsp3) is 0.105. The van der Waals surface area contributed by atoms with Crippen LogP contribution in [0.2, 0.25) is 0 Å². The average Bonchev–Trinajstić information content (AvgIpc) is 3.02. The van der Waals surface area contributed by atoms with Crippen LogP contribution in [0.5, 0.6) is 0 Å². The van der Waals surface area contributed by atoms with Crippen molar-refractivity contribution in [3.05, 3.63) is 71.1 Å². The number of rotatable bonds is 4. The van der Waals surface area contributed by atoms with E-state index in [2.05, 4.69) is 15.3 Å². The Bertz CT molecular complexity index is 945. The molecule has 2 aromatic heterocycles. The van der Waals surface area contributed by atoms with Gasteiger partial charge in [-0.3, -0.25) is 4.79 Å². The quantitative estimate of drug-likeness (QED) is 0.573. The molecule has 0 bridgehead atoms. The van der Waals surface area contributed by atoms with Gasteiger partial charge in [0.25, 0.3) is 5.91 Å². The minimum atomic E-state index is -0.392. The van der Waals surface area contributed by atoms with E-state index in [4.69, 9.17) is 0 Å². The number of nitrogens with zero attached hydrogens (tertiary/aromatic N) is 2. The van der Waals surface area contributed by atoms with Gasteiger partial charge in [-0.1, -0.05) is 29.8 Å². The standard InChI is InChI=1S/C19H16N4O/c1-13-4-6-14(7-5-13)11-23-19(24)15(10-20)9-16-12-22-18-17(16)3-2-8-21-18/h2-9,12H,11H2,1H3,(H,21,22)(H,23,24)/b15-9+. The molecule has 2 heterocycles. The molecule has 1 amide bonds. The maximum absolute atomic E-state index is 12.2. The van der Waals surface area contributed by atoms with E-state index in [9.17, 15) is 10.1 Å². The minimum Gasteiger partial charge on any atom is -0.347 e. The number of carbonyl (C=O) groups is 1. The molecule has 1 aromatic carbocycles. The predicted molar refractivity (Wildman–Crippen MR) is 92.7 cm³/mol. The Morgan fingerprint density at radius 1 is 1.33 bits per heavy atom. The van der Waals surface area contributed by atoms with E-state index >= 15 is 0 Å². The second-order valence-corrected chi connectivity index (χ2v) is 5.48. The van der Waals surface area contributed by atoms with Crippen LogP contribution in [0.3, 0.4) is 0 Å². The summed E-state index contributed by atoms with van der Waals surface area (Å²) < 4.78 is 0. The number of nitrogens with one attached hydrogen (secondary N) is 2. The third-order valence-electron chi connectivity index (χ3n) is 3.72. The normalized spacial score (nSPS) is 11.2. The summed E-state index contributed by atoms with van der Waals surface area (Å²) in [4.78, 5) is 19.5. The van der Waals surface area contributed by atoms with E-state index in [1.807, 2.05) is 49.4 Å². The van der Waals surface area contributed by atoms with Crippen LogP contribution < -0.4 is 5.32 Å². The molecule has 3 rings (SSSR count). The topological polar surface area (TPSA) is 81.6 Å². The molecule has 2 N–H and O–H groups in total. The number of nitriles is 1. The number of hydrogen-bond donors (Lipinski definition) is 2. The first-order valence-electron chi connectivity index (χ1n) is 7.55. The Labute approximate surface area is 139 Å². The first-order chi connectivity index (χ1) is 11.7. The second kappa shape index (κ2) is 6.80. The lowest BCUT2D eigenvalue weighted by molar-refractivity contribution is -0.117. The van der Waals surface area contributed by atoms with Crippen LogP contribution in [0, 0.1) is 18.3 Å². The highest BCUT2D eigenvalue weighted by Gasteiger charge is 2.10. The van der Waals surface area contributed by atoms with Crippen LogP contribution >= 0.6 is 0 Å². The van der Waals surface area contributed by atoms with E-state index in [1.165, 1.54) is 0 Å². The van der Waals surface area contributed by atoms with Gasteiger partial charge in [0.2, 0.25) is 0 Å². The first-order valence-corrected chi connectivity index (χ1v) is 7.55. The molecule has 0 aliphatic heterocycles. The van der Waals surface area contributed by atoms with Crippen LogP contribution in [0.1, 0.15) is 16.7 Å². The molecule has 0 saturated carbocycles. The summed E-state index contributed by atoms with van der Waals surface area (Å²) in [7, 11) is 0. The number of H-pyrrole nitrogens is 1. The Balaban J connectivity index is 1.76. The van der Waals surface area contributed by atoms with Crippen molar-refractivity contribution in [3.8, 4) is 6.07 Å². The van der Waals surface area contributed by atoms with Crippen LogP contribution in [-0.4, -0.2) is 15.9 Å². The van der Waals surface area contributed by atoms with E-state index in [0.717, 1.165) is 27.7 Å². The molecule has 24 heavy (non-hydrogen) atoms. The fourth-order valence-electron chi connectivity index (χ4n) is 2.38. The van der Waals surface area contributed by atoms with Gasteiger partial charge in [-0.2, -0.15) is 5.26 Å². The molecule has 0 unspecified atom stereocenters. The van der Waals surface area contributed by atoms with Crippen LogP contribution in [0.25, 0.3) is 17.1 Å². The number of benzene rings is 1. The molecule has 5 heteroatoms. The van der Waals surface area contributed by atoms with Crippen molar-refractivity contribution >= 4 is 23.0 Å². The van der Waals surface area contributed by atoms with Crippen molar-refractivity contribution in [3.63, 3.8) is 0 Å². The molecule has 0 aliphatic rings. The summed E-state index contributed by atoms with van der Waals surface area (Å²) in [6, 6.07) is 13.6. The van der Waals surface area contributed by atoms with Crippen molar-refractivity contribution in [2.75, 3.05) is 0 Å². The number of pyridine rings is 1. The number of aryl methyl sites for hydroxylation is 1. The number of hydrogen-bond acceptors (Lipinski definition) is 3. The summed E-state index contributed by atoms with van der Waals surface area (Å²) >= 11 is 0. The largest absolute Gasteiger partial charge is 0.347 e. The Morgan fingerprint density at radius 2 is 2.12 bits per heavy atom. The van der Waals surface area contributed by atoms with Gasteiger partial charge in [0.05, 0.1) is 0 Å². The highest BCUT2D eigenvalue weighted by molar-refractivity contribution is 6.03. The number of fused-ring (bicyclic) bond motifs is 1. The Hall–Kier alpha value is -3.39. The number of carbonyl (C=O) groups excluding carboxylic acids is 1. The number of amides is 1. The molecule has 5 nitrogen and oxygen atoms in total. The van der Waals surface area contributed by atoms with Crippen molar-refractivity contribution in [2.24, 2.45) is 0 Å². The SMILES string of the molecule is Cc1ccc(CNC(=O)/C(C#N)=C/c2c[nH]c3ncccc23)cc1. The summed E-state index contributed by atoms with van der Waals surface area (Å²) in [5.41, 5.74) is 3.70.